The first-order valence-electron chi connectivity index (χ1n) is 6.66. The Labute approximate surface area is 120 Å². The number of carbonyl (C=O) groups excluding carboxylic acids is 1. The second-order valence-electron chi connectivity index (χ2n) is 4.80. The Morgan fingerprint density at radius 1 is 1.38 bits per heavy atom. The van der Waals surface area contributed by atoms with E-state index >= 15 is 0 Å². The quantitative estimate of drug-likeness (QED) is 0.924. The number of benzene rings is 1. The molecule has 1 aromatic carbocycles. The van der Waals surface area contributed by atoms with Gasteiger partial charge in [0.15, 0.2) is 5.82 Å². The molecule has 0 unspecified atom stereocenters. The van der Waals surface area contributed by atoms with Crippen LogP contribution in [-0.4, -0.2) is 29.3 Å². The third kappa shape index (κ3) is 3.25. The first-order chi connectivity index (χ1) is 10.2. The number of rotatable bonds is 4. The van der Waals surface area contributed by atoms with E-state index in [0.29, 0.717) is 30.5 Å². The van der Waals surface area contributed by atoms with Crippen molar-refractivity contribution in [2.24, 2.45) is 5.92 Å². The molecule has 3 rings (SSSR count). The van der Waals surface area contributed by atoms with Crippen molar-refractivity contribution in [1.82, 2.24) is 15.5 Å². The third-order valence-electron chi connectivity index (χ3n) is 3.28. The fourth-order valence-electron chi connectivity index (χ4n) is 2.09. The molecule has 0 saturated carbocycles. The van der Waals surface area contributed by atoms with Crippen molar-refractivity contribution in [1.29, 1.82) is 0 Å². The summed E-state index contributed by atoms with van der Waals surface area (Å²) < 4.78 is 23.1. The van der Waals surface area contributed by atoms with E-state index in [0.717, 1.165) is 6.42 Å². The molecule has 1 N–H and O–H groups in total. The van der Waals surface area contributed by atoms with Gasteiger partial charge in [0.05, 0.1) is 19.1 Å². The van der Waals surface area contributed by atoms with E-state index in [1.807, 2.05) is 0 Å². The Kier molecular flexibility index (Phi) is 3.92. The van der Waals surface area contributed by atoms with Crippen LogP contribution in [0, 0.1) is 11.7 Å². The predicted molar refractivity (Wildman–Crippen MR) is 70.5 cm³/mol. The van der Waals surface area contributed by atoms with E-state index in [9.17, 15) is 9.18 Å². The van der Waals surface area contributed by atoms with Crippen LogP contribution >= 0.6 is 0 Å². The van der Waals surface area contributed by atoms with Gasteiger partial charge < -0.3 is 14.6 Å². The summed E-state index contributed by atoms with van der Waals surface area (Å²) in [6, 6.07) is 5.75. The number of amides is 1. The van der Waals surface area contributed by atoms with Crippen molar-refractivity contribution in [2.75, 3.05) is 13.2 Å². The topological polar surface area (TPSA) is 77.3 Å². The van der Waals surface area contributed by atoms with Crippen LogP contribution in [-0.2, 0) is 16.1 Å². The molecule has 1 aliphatic rings. The van der Waals surface area contributed by atoms with Gasteiger partial charge in [0.25, 0.3) is 5.89 Å². The second-order valence-corrected chi connectivity index (χ2v) is 4.80. The van der Waals surface area contributed by atoms with Gasteiger partial charge in [0.2, 0.25) is 5.91 Å². The summed E-state index contributed by atoms with van der Waals surface area (Å²) in [6.45, 7) is 1.27. The molecule has 0 radical (unpaired) electrons. The average molecular weight is 291 g/mol. The van der Waals surface area contributed by atoms with Crippen LogP contribution in [0.15, 0.2) is 28.8 Å². The van der Waals surface area contributed by atoms with Gasteiger partial charge in [-0.1, -0.05) is 5.16 Å². The van der Waals surface area contributed by atoms with Crippen LogP contribution in [0.4, 0.5) is 4.39 Å². The Morgan fingerprint density at radius 2 is 2.19 bits per heavy atom. The van der Waals surface area contributed by atoms with Gasteiger partial charge in [-0.2, -0.15) is 4.98 Å². The maximum atomic E-state index is 12.8. The van der Waals surface area contributed by atoms with Gasteiger partial charge in [-0.05, 0) is 30.7 Å². The van der Waals surface area contributed by atoms with E-state index in [1.54, 1.807) is 12.1 Å². The largest absolute Gasteiger partial charge is 0.381 e. The fourth-order valence-corrected chi connectivity index (χ4v) is 2.09. The van der Waals surface area contributed by atoms with Crippen molar-refractivity contribution < 1.29 is 18.4 Å². The van der Waals surface area contributed by atoms with E-state index < -0.39 is 0 Å². The van der Waals surface area contributed by atoms with Crippen LogP contribution in [0.2, 0.25) is 0 Å². The molecular formula is C14H14FN3O3. The molecule has 0 aliphatic carbocycles. The minimum absolute atomic E-state index is 0.0689. The van der Waals surface area contributed by atoms with E-state index in [-0.39, 0.29) is 24.2 Å². The maximum Gasteiger partial charge on any atom is 0.257 e. The van der Waals surface area contributed by atoms with Crippen molar-refractivity contribution in [3.63, 3.8) is 0 Å². The van der Waals surface area contributed by atoms with Crippen LogP contribution in [0.25, 0.3) is 11.5 Å². The van der Waals surface area contributed by atoms with Gasteiger partial charge in [-0.25, -0.2) is 4.39 Å². The molecule has 2 aromatic rings. The molecule has 0 spiro atoms. The Morgan fingerprint density at radius 3 is 2.90 bits per heavy atom. The number of hydrogen-bond acceptors (Lipinski definition) is 5. The highest BCUT2D eigenvalue weighted by Crippen LogP contribution is 2.17. The summed E-state index contributed by atoms with van der Waals surface area (Å²) in [5.74, 6) is 0.170. The summed E-state index contributed by atoms with van der Waals surface area (Å²) in [5, 5.41) is 6.54. The Hall–Kier alpha value is -2.28. The molecule has 1 aromatic heterocycles. The lowest BCUT2D eigenvalue weighted by molar-refractivity contribution is -0.125. The van der Waals surface area contributed by atoms with Gasteiger partial charge in [0.1, 0.15) is 5.82 Å². The molecule has 7 heteroatoms. The summed E-state index contributed by atoms with van der Waals surface area (Å²) in [6.07, 6.45) is 0.735. The highest BCUT2D eigenvalue weighted by atomic mass is 19.1. The monoisotopic (exact) mass is 291 g/mol. The summed E-state index contributed by atoms with van der Waals surface area (Å²) in [4.78, 5) is 16.0. The maximum absolute atomic E-state index is 12.8. The zero-order valence-corrected chi connectivity index (χ0v) is 11.2. The lowest BCUT2D eigenvalue weighted by atomic mass is 10.1. The molecule has 6 nitrogen and oxygen atoms in total. The van der Waals surface area contributed by atoms with Crippen LogP contribution in [0.3, 0.4) is 0 Å². The minimum atomic E-state index is -0.329. The predicted octanol–water partition coefficient (Wildman–Crippen LogP) is 1.53. The van der Waals surface area contributed by atoms with E-state index in [4.69, 9.17) is 9.26 Å². The standard InChI is InChI=1S/C14H14FN3O3/c15-11-3-1-9(2-4-11)14-17-12(18-21-14)7-16-13(19)10-5-6-20-8-10/h1-4,10H,5-8H2,(H,16,19)/t10-/m0/s1. The van der Waals surface area contributed by atoms with Gasteiger partial charge in [-0.3, -0.25) is 4.79 Å². The molecule has 110 valence electrons. The molecule has 1 saturated heterocycles. The molecule has 2 heterocycles. The zero-order chi connectivity index (χ0) is 14.7. The number of nitrogens with one attached hydrogen (secondary N) is 1. The molecule has 1 aliphatic heterocycles. The third-order valence-corrected chi connectivity index (χ3v) is 3.28. The van der Waals surface area contributed by atoms with E-state index in [1.165, 1.54) is 12.1 Å². The number of carbonyl (C=O) groups is 1. The lowest BCUT2D eigenvalue weighted by Gasteiger charge is -2.06. The highest BCUT2D eigenvalue weighted by Gasteiger charge is 2.23. The molecule has 0 bridgehead atoms. The molecule has 1 atom stereocenters. The molecule has 21 heavy (non-hydrogen) atoms. The first kappa shape index (κ1) is 13.7. The number of hydrogen-bond donors (Lipinski definition) is 1. The lowest BCUT2D eigenvalue weighted by Crippen LogP contribution is -2.30. The number of aromatic nitrogens is 2. The SMILES string of the molecule is O=C(NCc1noc(-c2ccc(F)cc2)n1)[C@H]1CCOC1. The smallest absolute Gasteiger partial charge is 0.257 e. The normalized spacial score (nSPS) is 17.9. The number of halogens is 1. The van der Waals surface area contributed by atoms with Crippen LogP contribution in [0.5, 0.6) is 0 Å². The van der Waals surface area contributed by atoms with Gasteiger partial charge in [-0.15, -0.1) is 0 Å². The van der Waals surface area contributed by atoms with E-state index in [2.05, 4.69) is 15.5 Å². The number of ether oxygens (including phenoxy) is 1. The highest BCUT2D eigenvalue weighted by molar-refractivity contribution is 5.78. The van der Waals surface area contributed by atoms with Gasteiger partial charge >= 0.3 is 0 Å². The Balaban J connectivity index is 1.60. The minimum Gasteiger partial charge on any atom is -0.381 e. The van der Waals surface area contributed by atoms with Crippen molar-refractivity contribution >= 4 is 5.91 Å². The molecule has 1 fully saturated rings. The van der Waals surface area contributed by atoms with Crippen molar-refractivity contribution in [3.8, 4) is 11.5 Å². The second kappa shape index (κ2) is 6.01. The van der Waals surface area contributed by atoms with Crippen molar-refractivity contribution in [2.45, 2.75) is 13.0 Å². The average Bonchev–Trinajstić information content (AvgIpc) is 3.17. The fraction of sp³-hybridized carbons (Fsp3) is 0.357. The van der Waals surface area contributed by atoms with Crippen LogP contribution in [0.1, 0.15) is 12.2 Å². The number of nitrogens with zero attached hydrogens (tertiary/aromatic N) is 2. The van der Waals surface area contributed by atoms with Crippen molar-refractivity contribution in [3.05, 3.63) is 35.9 Å². The molecule has 1 amide bonds. The molecular weight excluding hydrogens is 277 g/mol. The Bertz CT molecular complexity index is 621. The summed E-state index contributed by atoms with van der Waals surface area (Å²) in [7, 11) is 0. The summed E-state index contributed by atoms with van der Waals surface area (Å²) in [5.41, 5.74) is 0.630. The summed E-state index contributed by atoms with van der Waals surface area (Å²) >= 11 is 0. The van der Waals surface area contributed by atoms with Gasteiger partial charge in [0, 0.05) is 12.2 Å². The van der Waals surface area contributed by atoms with Crippen LogP contribution < -0.4 is 5.32 Å². The zero-order valence-electron chi connectivity index (χ0n) is 11.2. The first-order valence-corrected chi connectivity index (χ1v) is 6.66.